The average molecular weight is 349 g/mol. The summed E-state index contributed by atoms with van der Waals surface area (Å²) in [5.74, 6) is 1.44. The summed E-state index contributed by atoms with van der Waals surface area (Å²) in [5.41, 5.74) is 5.61. The van der Waals surface area contributed by atoms with Crippen molar-refractivity contribution in [2.24, 2.45) is 0 Å². The molecule has 1 nitrogen and oxygen atoms in total. The number of allylic oxidation sites excluding steroid dienone is 1. The van der Waals surface area contributed by atoms with Crippen LogP contribution in [0.5, 0.6) is 0 Å². The van der Waals surface area contributed by atoms with Gasteiger partial charge < -0.3 is 4.74 Å². The predicted octanol–water partition coefficient (Wildman–Crippen LogP) is 7.26. The Hall–Kier alpha value is -1.86. The average Bonchev–Trinajstić information content (AvgIpc) is 2.71. The van der Waals surface area contributed by atoms with Crippen LogP contribution in [0.3, 0.4) is 0 Å². The molecule has 0 saturated heterocycles. The third-order valence-electron chi connectivity index (χ3n) is 5.93. The molecule has 138 valence electrons. The molecule has 2 aromatic carbocycles. The van der Waals surface area contributed by atoms with Gasteiger partial charge in [-0.1, -0.05) is 67.6 Å². The van der Waals surface area contributed by atoms with E-state index in [1.54, 1.807) is 7.11 Å². The third-order valence-corrected chi connectivity index (χ3v) is 5.93. The van der Waals surface area contributed by atoms with Crippen molar-refractivity contribution in [2.45, 2.75) is 63.9 Å². The first-order valence-electron chi connectivity index (χ1n) is 10.1. The van der Waals surface area contributed by atoms with Crippen molar-refractivity contribution in [3.05, 3.63) is 76.9 Å². The first-order chi connectivity index (χ1) is 12.7. The van der Waals surface area contributed by atoms with Crippen LogP contribution in [0.4, 0.5) is 0 Å². The van der Waals surface area contributed by atoms with E-state index in [1.165, 1.54) is 47.9 Å². The Bertz CT molecular complexity index is 684. The summed E-state index contributed by atoms with van der Waals surface area (Å²) in [7, 11) is 1.80. The highest BCUT2D eigenvalue weighted by Crippen LogP contribution is 2.40. The van der Waals surface area contributed by atoms with Gasteiger partial charge in [0.25, 0.3) is 0 Å². The fourth-order valence-corrected chi connectivity index (χ4v) is 4.35. The second kappa shape index (κ2) is 9.19. The number of benzene rings is 2. The standard InChI is InChI=1S/C25H32O/c1-4-6-19-7-9-20(10-8-19)21-11-13-22(14-12-21)23-15-17-24(18-16-23)25(5-2)26-3/h4,6-10,15-18,21-22,25H,5,11-14H2,1-3H3/b6-4-/t21-,22-,25?. The molecule has 0 aliphatic heterocycles. The summed E-state index contributed by atoms with van der Waals surface area (Å²) in [6, 6.07) is 18.3. The van der Waals surface area contributed by atoms with Crippen LogP contribution in [0, 0.1) is 0 Å². The molecule has 1 aliphatic carbocycles. The smallest absolute Gasteiger partial charge is 0.0818 e. The maximum absolute atomic E-state index is 5.55. The van der Waals surface area contributed by atoms with Crippen molar-refractivity contribution in [1.29, 1.82) is 0 Å². The molecule has 0 heterocycles. The lowest BCUT2D eigenvalue weighted by atomic mass is 9.76. The largest absolute Gasteiger partial charge is 0.377 e. The maximum atomic E-state index is 5.55. The van der Waals surface area contributed by atoms with Crippen LogP contribution >= 0.6 is 0 Å². The topological polar surface area (TPSA) is 9.23 Å². The first-order valence-corrected chi connectivity index (χ1v) is 10.1. The monoisotopic (exact) mass is 348 g/mol. The quantitative estimate of drug-likeness (QED) is 0.534. The molecule has 3 rings (SSSR count). The molecule has 0 aromatic heterocycles. The number of hydrogen-bond donors (Lipinski definition) is 0. The van der Waals surface area contributed by atoms with Crippen LogP contribution in [0.2, 0.25) is 0 Å². The predicted molar refractivity (Wildman–Crippen MR) is 112 cm³/mol. The van der Waals surface area contributed by atoms with E-state index >= 15 is 0 Å². The molecular weight excluding hydrogens is 316 g/mol. The van der Waals surface area contributed by atoms with E-state index in [9.17, 15) is 0 Å². The maximum Gasteiger partial charge on any atom is 0.0818 e. The zero-order chi connectivity index (χ0) is 18.4. The van der Waals surface area contributed by atoms with Crippen LogP contribution in [0.25, 0.3) is 6.08 Å². The highest BCUT2D eigenvalue weighted by Gasteiger charge is 2.23. The van der Waals surface area contributed by atoms with E-state index in [1.807, 2.05) is 0 Å². The third kappa shape index (κ3) is 4.45. The van der Waals surface area contributed by atoms with Crippen molar-refractivity contribution < 1.29 is 4.74 Å². The summed E-state index contributed by atoms with van der Waals surface area (Å²) >= 11 is 0. The van der Waals surface area contributed by atoms with Gasteiger partial charge in [-0.25, -0.2) is 0 Å². The molecule has 1 atom stereocenters. The van der Waals surface area contributed by atoms with Crippen LogP contribution < -0.4 is 0 Å². The van der Waals surface area contributed by atoms with Crippen LogP contribution in [0.1, 0.15) is 86.1 Å². The molecule has 1 aliphatic rings. The van der Waals surface area contributed by atoms with Gasteiger partial charge in [0.1, 0.15) is 0 Å². The summed E-state index contributed by atoms with van der Waals surface area (Å²) in [6.45, 7) is 4.24. The van der Waals surface area contributed by atoms with Crippen molar-refractivity contribution >= 4 is 6.08 Å². The second-order valence-electron chi connectivity index (χ2n) is 7.51. The lowest BCUT2D eigenvalue weighted by Crippen LogP contribution is -2.12. The first kappa shape index (κ1) is 18.9. The van der Waals surface area contributed by atoms with Gasteiger partial charge in [0.05, 0.1) is 6.10 Å². The van der Waals surface area contributed by atoms with Gasteiger partial charge in [-0.15, -0.1) is 0 Å². The Morgan fingerprint density at radius 3 is 1.81 bits per heavy atom. The lowest BCUT2D eigenvalue weighted by Gasteiger charge is -2.29. The van der Waals surface area contributed by atoms with Crippen LogP contribution in [-0.2, 0) is 4.74 Å². The summed E-state index contributed by atoms with van der Waals surface area (Å²) in [4.78, 5) is 0. The van der Waals surface area contributed by atoms with Crippen LogP contribution in [0.15, 0.2) is 54.6 Å². The Morgan fingerprint density at radius 1 is 0.885 bits per heavy atom. The van der Waals surface area contributed by atoms with E-state index in [0.717, 1.165) is 12.3 Å². The van der Waals surface area contributed by atoms with Crippen LogP contribution in [-0.4, -0.2) is 7.11 Å². The minimum Gasteiger partial charge on any atom is -0.377 e. The number of rotatable bonds is 6. The molecule has 0 bridgehead atoms. The van der Waals surface area contributed by atoms with E-state index < -0.39 is 0 Å². The molecule has 1 saturated carbocycles. The summed E-state index contributed by atoms with van der Waals surface area (Å²) in [5, 5.41) is 0. The fourth-order valence-electron chi connectivity index (χ4n) is 4.35. The van der Waals surface area contributed by atoms with Gasteiger partial charge in [0, 0.05) is 7.11 Å². The fraction of sp³-hybridized carbons (Fsp3) is 0.440. The van der Waals surface area contributed by atoms with Gasteiger partial charge >= 0.3 is 0 Å². The van der Waals surface area contributed by atoms with E-state index in [0.29, 0.717) is 5.92 Å². The minimum atomic E-state index is 0.227. The molecule has 26 heavy (non-hydrogen) atoms. The molecule has 1 fully saturated rings. The molecule has 2 aromatic rings. The highest BCUT2D eigenvalue weighted by molar-refractivity contribution is 5.49. The van der Waals surface area contributed by atoms with E-state index in [-0.39, 0.29) is 6.10 Å². The SMILES string of the molecule is C/C=C\c1ccc([C@H]2CC[C@H](c3ccc(C(CC)OC)cc3)CC2)cc1. The van der Waals surface area contributed by atoms with Gasteiger partial charge in [-0.3, -0.25) is 0 Å². The van der Waals surface area contributed by atoms with E-state index in [2.05, 4.69) is 74.5 Å². The van der Waals surface area contributed by atoms with Gasteiger partial charge in [-0.05, 0) is 73.1 Å². The zero-order valence-electron chi connectivity index (χ0n) is 16.4. The summed E-state index contributed by atoms with van der Waals surface area (Å²) < 4.78 is 5.55. The Kier molecular flexibility index (Phi) is 6.68. The number of ether oxygens (including phenoxy) is 1. The molecule has 0 amide bonds. The summed E-state index contributed by atoms with van der Waals surface area (Å²) in [6.07, 6.45) is 10.7. The molecule has 1 heteroatoms. The van der Waals surface area contributed by atoms with Gasteiger partial charge in [0.2, 0.25) is 0 Å². The van der Waals surface area contributed by atoms with Crippen molar-refractivity contribution in [1.82, 2.24) is 0 Å². The van der Waals surface area contributed by atoms with Crippen molar-refractivity contribution in [2.75, 3.05) is 7.11 Å². The number of hydrogen-bond acceptors (Lipinski definition) is 1. The molecular formula is C25H32O. The normalized spacial score (nSPS) is 21.8. The van der Waals surface area contributed by atoms with Crippen molar-refractivity contribution in [3.8, 4) is 0 Å². The Balaban J connectivity index is 1.59. The molecule has 1 unspecified atom stereocenters. The second-order valence-corrected chi connectivity index (χ2v) is 7.51. The Labute approximate surface area is 159 Å². The highest BCUT2D eigenvalue weighted by atomic mass is 16.5. The number of methoxy groups -OCH3 is 1. The molecule has 0 radical (unpaired) electrons. The molecule has 0 N–H and O–H groups in total. The minimum absolute atomic E-state index is 0.227. The zero-order valence-corrected chi connectivity index (χ0v) is 16.4. The van der Waals surface area contributed by atoms with E-state index in [4.69, 9.17) is 4.74 Å². The van der Waals surface area contributed by atoms with Gasteiger partial charge in [-0.2, -0.15) is 0 Å². The lowest BCUT2D eigenvalue weighted by molar-refractivity contribution is 0.100. The van der Waals surface area contributed by atoms with Gasteiger partial charge in [0.15, 0.2) is 0 Å². The van der Waals surface area contributed by atoms with Crippen molar-refractivity contribution in [3.63, 3.8) is 0 Å². The Morgan fingerprint density at radius 2 is 1.38 bits per heavy atom. The molecule has 0 spiro atoms.